The second-order valence-corrected chi connectivity index (χ2v) is 6.25. The standard InChI is InChI=1S/C20H19ClO5/c1-3-4-9-25-14-10-15(22)17-16(11-14)26-19(20(24-2)18(17)23)12-5-7-13(21)8-6-12/h5-8,10-11,22H,3-4,9H2,1-2H3. The maximum atomic E-state index is 12.8. The number of unbranched alkanes of at least 4 members (excludes halogenated alkanes) is 1. The van der Waals surface area contributed by atoms with Crippen molar-refractivity contribution in [3.05, 3.63) is 51.6 Å². The van der Waals surface area contributed by atoms with E-state index in [-0.39, 0.29) is 28.2 Å². The minimum atomic E-state index is -0.448. The molecule has 0 amide bonds. The van der Waals surface area contributed by atoms with Gasteiger partial charge in [-0.25, -0.2) is 0 Å². The van der Waals surface area contributed by atoms with Gasteiger partial charge in [-0.15, -0.1) is 0 Å². The molecule has 1 aromatic heterocycles. The van der Waals surface area contributed by atoms with Gasteiger partial charge in [0.25, 0.3) is 0 Å². The van der Waals surface area contributed by atoms with Crippen LogP contribution in [0.1, 0.15) is 19.8 Å². The molecule has 0 aliphatic rings. The van der Waals surface area contributed by atoms with Crippen LogP contribution >= 0.6 is 11.6 Å². The minimum absolute atomic E-state index is 0.0229. The summed E-state index contributed by atoms with van der Waals surface area (Å²) >= 11 is 5.93. The molecule has 136 valence electrons. The first-order valence-electron chi connectivity index (χ1n) is 8.31. The van der Waals surface area contributed by atoms with Crippen molar-refractivity contribution < 1.29 is 19.0 Å². The van der Waals surface area contributed by atoms with Gasteiger partial charge in [-0.2, -0.15) is 0 Å². The number of phenols is 1. The SMILES string of the molecule is CCCCOc1cc(O)c2c(=O)c(OC)c(-c3ccc(Cl)cc3)oc2c1. The molecule has 3 rings (SSSR count). The summed E-state index contributed by atoms with van der Waals surface area (Å²) in [5.74, 6) is 0.532. The van der Waals surface area contributed by atoms with E-state index in [1.54, 1.807) is 30.3 Å². The summed E-state index contributed by atoms with van der Waals surface area (Å²) in [6, 6.07) is 9.87. The first kappa shape index (κ1) is 18.1. The van der Waals surface area contributed by atoms with Crippen molar-refractivity contribution in [2.45, 2.75) is 19.8 Å². The van der Waals surface area contributed by atoms with Crippen LogP contribution in [0.25, 0.3) is 22.3 Å². The summed E-state index contributed by atoms with van der Waals surface area (Å²) in [6.45, 7) is 2.58. The number of aromatic hydroxyl groups is 1. The molecular weight excluding hydrogens is 356 g/mol. The molecule has 26 heavy (non-hydrogen) atoms. The van der Waals surface area contributed by atoms with Crippen LogP contribution in [0.3, 0.4) is 0 Å². The van der Waals surface area contributed by atoms with E-state index in [4.69, 9.17) is 25.5 Å². The highest BCUT2D eigenvalue weighted by atomic mass is 35.5. The second kappa shape index (κ2) is 7.70. The first-order chi connectivity index (χ1) is 12.5. The van der Waals surface area contributed by atoms with Crippen molar-refractivity contribution in [3.8, 4) is 28.6 Å². The number of halogens is 1. The Morgan fingerprint density at radius 3 is 2.58 bits per heavy atom. The molecule has 0 spiro atoms. The van der Waals surface area contributed by atoms with Crippen LogP contribution in [0, 0.1) is 0 Å². The average Bonchev–Trinajstić information content (AvgIpc) is 2.62. The largest absolute Gasteiger partial charge is 0.507 e. The lowest BCUT2D eigenvalue weighted by atomic mass is 10.1. The lowest BCUT2D eigenvalue weighted by molar-refractivity contribution is 0.307. The molecule has 0 unspecified atom stereocenters. The molecule has 0 bridgehead atoms. The molecule has 0 aliphatic heterocycles. The van der Waals surface area contributed by atoms with E-state index in [0.29, 0.717) is 22.9 Å². The maximum Gasteiger partial charge on any atom is 0.239 e. The number of hydrogen-bond acceptors (Lipinski definition) is 5. The fraction of sp³-hybridized carbons (Fsp3) is 0.250. The predicted molar refractivity (Wildman–Crippen MR) is 102 cm³/mol. The van der Waals surface area contributed by atoms with Gasteiger partial charge >= 0.3 is 0 Å². The smallest absolute Gasteiger partial charge is 0.239 e. The Kier molecular flexibility index (Phi) is 5.38. The van der Waals surface area contributed by atoms with Crippen molar-refractivity contribution in [1.82, 2.24) is 0 Å². The molecule has 0 saturated carbocycles. The average molecular weight is 375 g/mol. The highest BCUT2D eigenvalue weighted by Crippen LogP contribution is 2.36. The van der Waals surface area contributed by atoms with Gasteiger partial charge in [0, 0.05) is 22.7 Å². The third kappa shape index (κ3) is 3.48. The van der Waals surface area contributed by atoms with E-state index in [0.717, 1.165) is 12.8 Å². The maximum absolute atomic E-state index is 12.8. The Hall–Kier alpha value is -2.66. The molecule has 2 aromatic carbocycles. The summed E-state index contributed by atoms with van der Waals surface area (Å²) in [4.78, 5) is 12.8. The Labute approximate surface area is 155 Å². The molecule has 1 N–H and O–H groups in total. The monoisotopic (exact) mass is 374 g/mol. The third-order valence-electron chi connectivity index (χ3n) is 3.98. The van der Waals surface area contributed by atoms with Gasteiger partial charge < -0.3 is 19.0 Å². The summed E-state index contributed by atoms with van der Waals surface area (Å²) < 4.78 is 16.8. The zero-order chi connectivity index (χ0) is 18.7. The van der Waals surface area contributed by atoms with E-state index >= 15 is 0 Å². The summed E-state index contributed by atoms with van der Waals surface area (Å²) in [7, 11) is 1.39. The first-order valence-corrected chi connectivity index (χ1v) is 8.69. The van der Waals surface area contributed by atoms with Crippen LogP contribution in [0.15, 0.2) is 45.6 Å². The highest BCUT2D eigenvalue weighted by Gasteiger charge is 2.20. The van der Waals surface area contributed by atoms with Crippen LogP contribution in [0.4, 0.5) is 0 Å². The van der Waals surface area contributed by atoms with Crippen molar-refractivity contribution in [3.63, 3.8) is 0 Å². The zero-order valence-corrected chi connectivity index (χ0v) is 15.3. The summed E-state index contributed by atoms with van der Waals surface area (Å²) in [5.41, 5.74) is 0.422. The van der Waals surface area contributed by atoms with Gasteiger partial charge in [0.05, 0.1) is 13.7 Å². The Balaban J connectivity index is 2.18. The van der Waals surface area contributed by atoms with Gasteiger partial charge in [0.2, 0.25) is 11.2 Å². The van der Waals surface area contributed by atoms with E-state index in [1.165, 1.54) is 13.2 Å². The number of fused-ring (bicyclic) bond motifs is 1. The summed E-state index contributed by atoms with van der Waals surface area (Å²) in [6.07, 6.45) is 1.88. The molecule has 0 atom stereocenters. The topological polar surface area (TPSA) is 68.9 Å². The van der Waals surface area contributed by atoms with Crippen LogP contribution < -0.4 is 14.9 Å². The van der Waals surface area contributed by atoms with Crippen LogP contribution in [0.5, 0.6) is 17.2 Å². The molecule has 5 nitrogen and oxygen atoms in total. The predicted octanol–water partition coefficient (Wildman–Crippen LogP) is 5.01. The second-order valence-electron chi connectivity index (χ2n) is 5.82. The summed E-state index contributed by atoms with van der Waals surface area (Å²) in [5, 5.41) is 10.9. The van der Waals surface area contributed by atoms with E-state index in [1.807, 2.05) is 0 Å². The lowest BCUT2D eigenvalue weighted by Crippen LogP contribution is -2.08. The van der Waals surface area contributed by atoms with Gasteiger partial charge in [-0.3, -0.25) is 4.79 Å². The van der Waals surface area contributed by atoms with Crippen molar-refractivity contribution in [2.75, 3.05) is 13.7 Å². The van der Waals surface area contributed by atoms with Crippen molar-refractivity contribution in [2.24, 2.45) is 0 Å². The van der Waals surface area contributed by atoms with Gasteiger partial charge in [0.1, 0.15) is 22.5 Å². The molecule has 0 fully saturated rings. The van der Waals surface area contributed by atoms with Gasteiger partial charge in [-0.1, -0.05) is 24.9 Å². The van der Waals surface area contributed by atoms with Crippen molar-refractivity contribution in [1.29, 1.82) is 0 Å². The molecule has 0 aliphatic carbocycles. The van der Waals surface area contributed by atoms with E-state index in [9.17, 15) is 9.90 Å². The Morgan fingerprint density at radius 1 is 1.19 bits per heavy atom. The number of hydrogen-bond donors (Lipinski definition) is 1. The number of rotatable bonds is 6. The minimum Gasteiger partial charge on any atom is -0.507 e. The number of methoxy groups -OCH3 is 1. The Bertz CT molecular complexity index is 976. The van der Waals surface area contributed by atoms with E-state index < -0.39 is 5.43 Å². The van der Waals surface area contributed by atoms with Crippen LogP contribution in [0.2, 0.25) is 5.02 Å². The van der Waals surface area contributed by atoms with Gasteiger partial charge in [-0.05, 0) is 30.7 Å². The number of benzene rings is 2. The van der Waals surface area contributed by atoms with Crippen LogP contribution in [-0.2, 0) is 0 Å². The fourth-order valence-electron chi connectivity index (χ4n) is 2.65. The fourth-order valence-corrected chi connectivity index (χ4v) is 2.78. The molecule has 1 heterocycles. The quantitative estimate of drug-likeness (QED) is 0.614. The van der Waals surface area contributed by atoms with Crippen molar-refractivity contribution >= 4 is 22.6 Å². The van der Waals surface area contributed by atoms with E-state index in [2.05, 4.69) is 6.92 Å². The Morgan fingerprint density at radius 2 is 1.92 bits per heavy atom. The zero-order valence-electron chi connectivity index (χ0n) is 14.5. The highest BCUT2D eigenvalue weighted by molar-refractivity contribution is 6.30. The number of ether oxygens (including phenoxy) is 2. The van der Waals surface area contributed by atoms with Gasteiger partial charge in [0.15, 0.2) is 5.76 Å². The normalized spacial score (nSPS) is 10.9. The molecule has 3 aromatic rings. The molecular formula is C20H19ClO5. The lowest BCUT2D eigenvalue weighted by Gasteiger charge is -2.12. The van der Waals surface area contributed by atoms with Crippen LogP contribution in [-0.4, -0.2) is 18.8 Å². The third-order valence-corrected chi connectivity index (χ3v) is 4.24. The molecule has 0 radical (unpaired) electrons. The number of phenolic OH excluding ortho intramolecular Hbond substituents is 1. The molecule has 6 heteroatoms. The molecule has 0 saturated heterocycles.